The summed E-state index contributed by atoms with van der Waals surface area (Å²) in [6.45, 7) is -0.636. The Hall–Kier alpha value is -1.56. The number of nitrogens with two attached hydrogens (primary N) is 1. The zero-order valence-corrected chi connectivity index (χ0v) is 9.84. The average Bonchev–Trinajstić information content (AvgIpc) is 2.26. The monoisotopic (exact) mass is 263 g/mol. The van der Waals surface area contributed by atoms with Crippen LogP contribution in [0.3, 0.4) is 0 Å². The fraction of sp³-hybridized carbons (Fsp3) is 0.300. The number of anilines is 1. The lowest BCUT2D eigenvalue weighted by Crippen LogP contribution is -2.23. The zero-order chi connectivity index (χ0) is 12.8. The molecule has 0 atom stereocenters. The number of hydrogen-bond acceptors (Lipinski definition) is 2. The largest absolute Gasteiger partial charge is 0.495 e. The summed E-state index contributed by atoms with van der Waals surface area (Å²) in [5, 5.41) is 3.03. The summed E-state index contributed by atoms with van der Waals surface area (Å²) in [6, 6.07) is 4.84. The van der Waals surface area contributed by atoms with Crippen molar-refractivity contribution in [3.8, 4) is 5.75 Å². The van der Waals surface area contributed by atoms with Crippen LogP contribution in [-0.2, 0) is 0 Å². The van der Waals surface area contributed by atoms with Crippen LogP contribution < -0.4 is 15.8 Å². The summed E-state index contributed by atoms with van der Waals surface area (Å²) < 4.78 is 28.7. The number of nitrogens with one attached hydrogen (secondary N) is 1. The van der Waals surface area contributed by atoms with Gasteiger partial charge in [0.15, 0.2) is 5.96 Å². The third-order valence-electron chi connectivity index (χ3n) is 1.82. The van der Waals surface area contributed by atoms with Gasteiger partial charge < -0.3 is 15.8 Å². The summed E-state index contributed by atoms with van der Waals surface area (Å²) in [7, 11) is 1.49. The lowest BCUT2D eigenvalue weighted by molar-refractivity contribution is 0.158. The Bertz CT molecular complexity index is 413. The van der Waals surface area contributed by atoms with E-state index >= 15 is 0 Å². The molecule has 0 spiro atoms. The van der Waals surface area contributed by atoms with E-state index in [4.69, 9.17) is 22.1 Å². The highest BCUT2D eigenvalue weighted by molar-refractivity contribution is 6.32. The van der Waals surface area contributed by atoms with Crippen LogP contribution in [-0.4, -0.2) is 26.0 Å². The number of methoxy groups -OCH3 is 1. The summed E-state index contributed by atoms with van der Waals surface area (Å²) in [4.78, 5) is 3.45. The summed E-state index contributed by atoms with van der Waals surface area (Å²) in [5.74, 6) is 0.423. The molecule has 4 nitrogen and oxygen atoms in total. The Morgan fingerprint density at radius 2 is 2.29 bits per heavy atom. The number of nitrogens with zero attached hydrogens (tertiary/aromatic N) is 1. The zero-order valence-electron chi connectivity index (χ0n) is 9.08. The molecule has 7 heteroatoms. The van der Waals surface area contributed by atoms with Crippen LogP contribution in [0.4, 0.5) is 14.5 Å². The third kappa shape index (κ3) is 4.44. The van der Waals surface area contributed by atoms with E-state index in [2.05, 4.69) is 10.3 Å². The maximum Gasteiger partial charge on any atom is 0.257 e. The molecule has 0 aliphatic rings. The molecule has 1 aromatic carbocycles. The van der Waals surface area contributed by atoms with Crippen molar-refractivity contribution in [3.63, 3.8) is 0 Å². The molecule has 0 aliphatic heterocycles. The molecular weight excluding hydrogens is 252 g/mol. The van der Waals surface area contributed by atoms with Gasteiger partial charge in [-0.25, -0.2) is 13.8 Å². The molecule has 0 fully saturated rings. The average molecular weight is 264 g/mol. The van der Waals surface area contributed by atoms with Crippen LogP contribution in [0.1, 0.15) is 0 Å². The molecule has 3 N–H and O–H groups in total. The second kappa shape index (κ2) is 6.24. The van der Waals surface area contributed by atoms with E-state index in [0.717, 1.165) is 0 Å². The number of benzene rings is 1. The molecule has 0 unspecified atom stereocenters. The van der Waals surface area contributed by atoms with Gasteiger partial charge in [-0.05, 0) is 18.2 Å². The standard InChI is InChI=1S/C10H12ClF2N3O/c1-17-8-3-2-6(4-7(8)11)16-10(14)15-5-9(12)13/h2-4,9H,5H2,1H3,(H3,14,15,16). The molecule has 0 aromatic heterocycles. The Kier molecular flexibility index (Phi) is 4.96. The summed E-state index contributed by atoms with van der Waals surface area (Å²) in [5.41, 5.74) is 5.95. The molecule has 17 heavy (non-hydrogen) atoms. The number of halogens is 3. The van der Waals surface area contributed by atoms with Crippen LogP contribution in [0.5, 0.6) is 5.75 Å². The first-order valence-electron chi connectivity index (χ1n) is 4.71. The van der Waals surface area contributed by atoms with Gasteiger partial charge in [-0.1, -0.05) is 11.6 Å². The van der Waals surface area contributed by atoms with Crippen molar-refractivity contribution >= 4 is 23.2 Å². The highest BCUT2D eigenvalue weighted by Crippen LogP contribution is 2.26. The highest BCUT2D eigenvalue weighted by Gasteiger charge is 2.04. The van der Waals surface area contributed by atoms with E-state index in [9.17, 15) is 8.78 Å². The lowest BCUT2D eigenvalue weighted by Gasteiger charge is -2.08. The lowest BCUT2D eigenvalue weighted by atomic mass is 10.3. The molecule has 0 bridgehead atoms. The molecular formula is C10H12ClF2N3O. The minimum Gasteiger partial charge on any atom is -0.495 e. The minimum atomic E-state index is -2.52. The second-order valence-corrected chi connectivity index (χ2v) is 3.50. The van der Waals surface area contributed by atoms with Crippen molar-refractivity contribution in [3.05, 3.63) is 23.2 Å². The SMILES string of the molecule is COc1ccc(NC(N)=NCC(F)F)cc1Cl. The fourth-order valence-corrected chi connectivity index (χ4v) is 1.36. The highest BCUT2D eigenvalue weighted by atomic mass is 35.5. The van der Waals surface area contributed by atoms with Gasteiger partial charge in [0.1, 0.15) is 12.3 Å². The molecule has 1 aromatic rings. The number of guanidine groups is 1. The maximum absolute atomic E-state index is 11.9. The predicted octanol–water partition coefficient (Wildman–Crippen LogP) is 2.34. The van der Waals surface area contributed by atoms with Gasteiger partial charge in [-0.3, -0.25) is 0 Å². The summed E-state index contributed by atoms with van der Waals surface area (Å²) >= 11 is 5.87. The quantitative estimate of drug-likeness (QED) is 0.647. The van der Waals surface area contributed by atoms with Gasteiger partial charge in [0.05, 0.1) is 12.1 Å². The molecule has 0 saturated carbocycles. The van der Waals surface area contributed by atoms with Gasteiger partial charge in [-0.15, -0.1) is 0 Å². The first-order valence-corrected chi connectivity index (χ1v) is 5.09. The first-order chi connectivity index (χ1) is 8.02. The van der Waals surface area contributed by atoms with Crippen LogP contribution >= 0.6 is 11.6 Å². The number of rotatable bonds is 4. The Balaban J connectivity index is 2.69. The van der Waals surface area contributed by atoms with Crippen LogP contribution in [0.15, 0.2) is 23.2 Å². The molecule has 1 rings (SSSR count). The molecule has 94 valence electrons. The van der Waals surface area contributed by atoms with Gasteiger partial charge in [0.25, 0.3) is 6.43 Å². The number of alkyl halides is 2. The molecule has 0 amide bonds. The van der Waals surface area contributed by atoms with Crippen molar-refractivity contribution < 1.29 is 13.5 Å². The fourth-order valence-electron chi connectivity index (χ4n) is 1.10. The Morgan fingerprint density at radius 3 is 2.82 bits per heavy atom. The van der Waals surface area contributed by atoms with Gasteiger partial charge in [0.2, 0.25) is 0 Å². The van der Waals surface area contributed by atoms with E-state index in [1.54, 1.807) is 18.2 Å². The number of aliphatic imine (C=N–C) groups is 1. The number of hydrogen-bond donors (Lipinski definition) is 2. The number of ether oxygens (including phenoxy) is 1. The van der Waals surface area contributed by atoms with Crippen LogP contribution in [0.2, 0.25) is 5.02 Å². The minimum absolute atomic E-state index is 0.0912. The third-order valence-corrected chi connectivity index (χ3v) is 2.12. The van der Waals surface area contributed by atoms with Crippen molar-refractivity contribution in [2.45, 2.75) is 6.43 Å². The maximum atomic E-state index is 11.9. The Morgan fingerprint density at radius 1 is 1.59 bits per heavy atom. The molecule has 0 saturated heterocycles. The van der Waals surface area contributed by atoms with Crippen LogP contribution in [0, 0.1) is 0 Å². The topological polar surface area (TPSA) is 59.6 Å². The van der Waals surface area contributed by atoms with E-state index in [1.807, 2.05) is 0 Å². The second-order valence-electron chi connectivity index (χ2n) is 3.09. The van der Waals surface area contributed by atoms with Crippen molar-refractivity contribution in [1.29, 1.82) is 0 Å². The predicted molar refractivity (Wildman–Crippen MR) is 64.1 cm³/mol. The Labute approximate surface area is 102 Å². The van der Waals surface area contributed by atoms with Crippen molar-refractivity contribution in [2.75, 3.05) is 19.0 Å². The van der Waals surface area contributed by atoms with E-state index in [0.29, 0.717) is 16.5 Å². The molecule has 0 radical (unpaired) electrons. The molecule has 0 aliphatic carbocycles. The smallest absolute Gasteiger partial charge is 0.257 e. The van der Waals surface area contributed by atoms with Gasteiger partial charge in [0, 0.05) is 5.69 Å². The van der Waals surface area contributed by atoms with Crippen molar-refractivity contribution in [1.82, 2.24) is 0 Å². The van der Waals surface area contributed by atoms with E-state index in [-0.39, 0.29) is 5.96 Å². The normalized spacial score (nSPS) is 11.7. The van der Waals surface area contributed by atoms with Crippen LogP contribution in [0.25, 0.3) is 0 Å². The van der Waals surface area contributed by atoms with E-state index in [1.165, 1.54) is 7.11 Å². The van der Waals surface area contributed by atoms with Gasteiger partial charge >= 0.3 is 0 Å². The van der Waals surface area contributed by atoms with E-state index < -0.39 is 13.0 Å². The van der Waals surface area contributed by atoms with Crippen molar-refractivity contribution in [2.24, 2.45) is 10.7 Å². The van der Waals surface area contributed by atoms with Gasteiger partial charge in [-0.2, -0.15) is 0 Å². The first kappa shape index (κ1) is 13.5. The molecule has 0 heterocycles. The summed E-state index contributed by atoms with van der Waals surface area (Å²) in [6.07, 6.45) is -2.52.